The summed E-state index contributed by atoms with van der Waals surface area (Å²) in [5.74, 6) is 2.04. The SMILES string of the molecule is COc1ccc2c(c1)OC[C@H](CNC(=O)N1CCCCC1)C2. The quantitative estimate of drug-likeness (QED) is 0.933. The first-order valence-corrected chi connectivity index (χ1v) is 8.09. The third-order valence-electron chi connectivity index (χ3n) is 4.44. The summed E-state index contributed by atoms with van der Waals surface area (Å²) in [5.41, 5.74) is 1.18. The molecule has 1 N–H and O–H groups in total. The molecule has 2 amide bonds. The number of carbonyl (C=O) groups is 1. The molecule has 5 nitrogen and oxygen atoms in total. The van der Waals surface area contributed by atoms with Crippen molar-refractivity contribution in [3.63, 3.8) is 0 Å². The molecule has 1 atom stereocenters. The number of nitrogens with zero attached hydrogens (tertiary/aromatic N) is 1. The number of fused-ring (bicyclic) bond motifs is 1. The second kappa shape index (κ2) is 6.90. The van der Waals surface area contributed by atoms with E-state index < -0.39 is 0 Å². The summed E-state index contributed by atoms with van der Waals surface area (Å²) >= 11 is 0. The lowest BCUT2D eigenvalue weighted by molar-refractivity contribution is 0.177. The summed E-state index contributed by atoms with van der Waals surface area (Å²) in [6.07, 6.45) is 4.41. The van der Waals surface area contributed by atoms with Gasteiger partial charge in [0.25, 0.3) is 0 Å². The first kappa shape index (κ1) is 15.0. The van der Waals surface area contributed by atoms with Gasteiger partial charge in [-0.3, -0.25) is 0 Å². The van der Waals surface area contributed by atoms with Crippen molar-refractivity contribution in [2.75, 3.05) is 33.4 Å². The minimum Gasteiger partial charge on any atom is -0.497 e. The fraction of sp³-hybridized carbons (Fsp3) is 0.588. The Kier molecular flexibility index (Phi) is 4.71. The Morgan fingerprint density at radius 2 is 2.18 bits per heavy atom. The van der Waals surface area contributed by atoms with Crippen LogP contribution in [0.15, 0.2) is 18.2 Å². The third kappa shape index (κ3) is 3.46. The van der Waals surface area contributed by atoms with Gasteiger partial charge in [-0.1, -0.05) is 6.07 Å². The average molecular weight is 304 g/mol. The predicted molar refractivity (Wildman–Crippen MR) is 84.5 cm³/mol. The molecule has 0 saturated carbocycles. The van der Waals surface area contributed by atoms with E-state index in [0.717, 1.165) is 43.9 Å². The molecular formula is C17H24N2O3. The maximum absolute atomic E-state index is 12.1. The highest BCUT2D eigenvalue weighted by atomic mass is 16.5. The van der Waals surface area contributed by atoms with Crippen LogP contribution in [0.3, 0.4) is 0 Å². The van der Waals surface area contributed by atoms with Gasteiger partial charge >= 0.3 is 6.03 Å². The second-order valence-electron chi connectivity index (χ2n) is 6.09. The van der Waals surface area contributed by atoms with E-state index in [1.807, 2.05) is 23.1 Å². The maximum atomic E-state index is 12.1. The van der Waals surface area contributed by atoms with Crippen molar-refractivity contribution in [3.05, 3.63) is 23.8 Å². The molecule has 1 saturated heterocycles. The summed E-state index contributed by atoms with van der Waals surface area (Å²) < 4.78 is 11.0. The Labute approximate surface area is 131 Å². The van der Waals surface area contributed by atoms with Crippen LogP contribution < -0.4 is 14.8 Å². The highest BCUT2D eigenvalue weighted by molar-refractivity contribution is 5.74. The van der Waals surface area contributed by atoms with Gasteiger partial charge in [0, 0.05) is 31.6 Å². The van der Waals surface area contributed by atoms with Crippen molar-refractivity contribution in [1.29, 1.82) is 0 Å². The summed E-state index contributed by atoms with van der Waals surface area (Å²) in [6.45, 7) is 3.08. The van der Waals surface area contributed by atoms with E-state index >= 15 is 0 Å². The Bertz CT molecular complexity index is 527. The van der Waals surface area contributed by atoms with E-state index in [9.17, 15) is 4.79 Å². The number of urea groups is 1. The van der Waals surface area contributed by atoms with E-state index in [-0.39, 0.29) is 6.03 Å². The van der Waals surface area contributed by atoms with Crippen LogP contribution >= 0.6 is 0 Å². The number of rotatable bonds is 3. The molecule has 0 aromatic heterocycles. The molecular weight excluding hydrogens is 280 g/mol. The summed E-state index contributed by atoms with van der Waals surface area (Å²) in [7, 11) is 1.66. The smallest absolute Gasteiger partial charge is 0.317 e. The zero-order valence-electron chi connectivity index (χ0n) is 13.1. The number of piperidine rings is 1. The molecule has 120 valence electrons. The lowest BCUT2D eigenvalue weighted by Crippen LogP contribution is -2.45. The number of hydrogen-bond acceptors (Lipinski definition) is 3. The van der Waals surface area contributed by atoms with Crippen molar-refractivity contribution in [2.45, 2.75) is 25.7 Å². The predicted octanol–water partition coefficient (Wildman–Crippen LogP) is 2.44. The zero-order chi connectivity index (χ0) is 15.4. The van der Waals surface area contributed by atoms with Crippen molar-refractivity contribution in [1.82, 2.24) is 10.2 Å². The molecule has 22 heavy (non-hydrogen) atoms. The van der Waals surface area contributed by atoms with Crippen LogP contribution in [-0.4, -0.2) is 44.3 Å². The van der Waals surface area contributed by atoms with Gasteiger partial charge < -0.3 is 19.7 Å². The van der Waals surface area contributed by atoms with Crippen LogP contribution in [0.2, 0.25) is 0 Å². The second-order valence-corrected chi connectivity index (χ2v) is 6.09. The topological polar surface area (TPSA) is 50.8 Å². The van der Waals surface area contributed by atoms with E-state index in [4.69, 9.17) is 9.47 Å². The van der Waals surface area contributed by atoms with E-state index in [1.54, 1.807) is 7.11 Å². The summed E-state index contributed by atoms with van der Waals surface area (Å²) in [6, 6.07) is 6.00. The number of amides is 2. The highest BCUT2D eigenvalue weighted by Crippen LogP contribution is 2.30. The first-order valence-electron chi connectivity index (χ1n) is 8.09. The van der Waals surface area contributed by atoms with E-state index in [2.05, 4.69) is 5.32 Å². The van der Waals surface area contributed by atoms with Gasteiger partial charge in [-0.25, -0.2) is 4.79 Å². The van der Waals surface area contributed by atoms with Gasteiger partial charge in [-0.2, -0.15) is 0 Å². The van der Waals surface area contributed by atoms with Crippen molar-refractivity contribution in [2.24, 2.45) is 5.92 Å². The van der Waals surface area contributed by atoms with Gasteiger partial charge in [-0.15, -0.1) is 0 Å². The molecule has 1 fully saturated rings. The Hall–Kier alpha value is -1.91. The minimum absolute atomic E-state index is 0.0697. The number of carbonyl (C=O) groups excluding carboxylic acids is 1. The molecule has 0 radical (unpaired) electrons. The van der Waals surface area contributed by atoms with Crippen LogP contribution in [-0.2, 0) is 6.42 Å². The number of hydrogen-bond donors (Lipinski definition) is 1. The molecule has 0 spiro atoms. The van der Waals surface area contributed by atoms with Crippen LogP contribution in [0.1, 0.15) is 24.8 Å². The number of methoxy groups -OCH3 is 1. The Balaban J connectivity index is 1.51. The average Bonchev–Trinajstić information content (AvgIpc) is 2.59. The molecule has 2 aliphatic heterocycles. The van der Waals surface area contributed by atoms with Gasteiger partial charge in [0.05, 0.1) is 13.7 Å². The normalized spacial score (nSPS) is 20.8. The van der Waals surface area contributed by atoms with Gasteiger partial charge in [0.15, 0.2) is 0 Å². The van der Waals surface area contributed by atoms with E-state index in [1.165, 1.54) is 12.0 Å². The van der Waals surface area contributed by atoms with Crippen molar-refractivity contribution < 1.29 is 14.3 Å². The first-order chi connectivity index (χ1) is 10.8. The standard InChI is InChI=1S/C17H24N2O3/c1-21-15-6-5-14-9-13(12-22-16(14)10-15)11-18-17(20)19-7-3-2-4-8-19/h5-6,10,13H,2-4,7-9,11-12H2,1H3,(H,18,20)/t13-/m0/s1. The molecule has 0 unspecified atom stereocenters. The largest absolute Gasteiger partial charge is 0.497 e. The number of ether oxygens (including phenoxy) is 2. The van der Waals surface area contributed by atoms with Crippen LogP contribution in [0, 0.1) is 5.92 Å². The summed E-state index contributed by atoms with van der Waals surface area (Å²) in [4.78, 5) is 14.0. The number of nitrogens with one attached hydrogen (secondary N) is 1. The molecule has 2 heterocycles. The fourth-order valence-corrected chi connectivity index (χ4v) is 3.11. The minimum atomic E-state index is 0.0697. The molecule has 1 aromatic rings. The summed E-state index contributed by atoms with van der Waals surface area (Å²) in [5, 5.41) is 3.06. The lowest BCUT2D eigenvalue weighted by atomic mass is 9.96. The van der Waals surface area contributed by atoms with E-state index in [0.29, 0.717) is 19.1 Å². The van der Waals surface area contributed by atoms with Gasteiger partial charge in [0.2, 0.25) is 0 Å². The zero-order valence-corrected chi connectivity index (χ0v) is 13.1. The highest BCUT2D eigenvalue weighted by Gasteiger charge is 2.22. The third-order valence-corrected chi connectivity index (χ3v) is 4.44. The van der Waals surface area contributed by atoms with Crippen molar-refractivity contribution >= 4 is 6.03 Å². The Morgan fingerprint density at radius 1 is 1.36 bits per heavy atom. The molecule has 0 bridgehead atoms. The van der Waals surface area contributed by atoms with Crippen LogP contribution in [0.4, 0.5) is 4.79 Å². The van der Waals surface area contributed by atoms with Gasteiger partial charge in [0.1, 0.15) is 11.5 Å². The van der Waals surface area contributed by atoms with Gasteiger partial charge in [-0.05, 0) is 37.3 Å². The Morgan fingerprint density at radius 3 is 2.95 bits per heavy atom. The van der Waals surface area contributed by atoms with Crippen LogP contribution in [0.5, 0.6) is 11.5 Å². The monoisotopic (exact) mass is 304 g/mol. The molecule has 0 aliphatic carbocycles. The number of likely N-dealkylation sites (tertiary alicyclic amines) is 1. The molecule has 3 rings (SSSR count). The molecule has 5 heteroatoms. The lowest BCUT2D eigenvalue weighted by Gasteiger charge is -2.29. The van der Waals surface area contributed by atoms with Crippen LogP contribution in [0.25, 0.3) is 0 Å². The molecule has 1 aromatic carbocycles. The number of benzene rings is 1. The fourth-order valence-electron chi connectivity index (χ4n) is 3.11. The maximum Gasteiger partial charge on any atom is 0.317 e. The van der Waals surface area contributed by atoms with Crippen molar-refractivity contribution in [3.8, 4) is 11.5 Å². The molecule has 2 aliphatic rings.